The molecule has 1 nitrogen and oxygen atoms in total. The van der Waals surface area contributed by atoms with Crippen molar-refractivity contribution in [3.05, 3.63) is 53.1 Å². The highest BCUT2D eigenvalue weighted by atomic mass is 19.2. The zero-order valence-corrected chi connectivity index (χ0v) is 17.0. The van der Waals surface area contributed by atoms with Crippen molar-refractivity contribution >= 4 is 0 Å². The largest absolute Gasteiger partial charge is 0.490 e. The van der Waals surface area contributed by atoms with Crippen LogP contribution in [-0.2, 0) is 0 Å². The Bertz CT molecular complexity index is 841. The maximum atomic E-state index is 14.6. The first-order valence-corrected chi connectivity index (χ1v) is 10.5. The van der Waals surface area contributed by atoms with E-state index in [1.807, 2.05) is 0 Å². The maximum Gasteiger partial charge on any atom is 0.201 e. The summed E-state index contributed by atoms with van der Waals surface area (Å²) >= 11 is 0. The number of benzene rings is 2. The first kappa shape index (κ1) is 21.7. The summed E-state index contributed by atoms with van der Waals surface area (Å²) in [6.45, 7) is 3.94. The van der Waals surface area contributed by atoms with Crippen LogP contribution in [0, 0.1) is 42.0 Å². The minimum Gasteiger partial charge on any atom is -0.490 e. The molecule has 0 spiro atoms. The van der Waals surface area contributed by atoms with Gasteiger partial charge in [-0.3, -0.25) is 0 Å². The molecule has 1 aliphatic rings. The van der Waals surface area contributed by atoms with Crippen molar-refractivity contribution in [3.8, 4) is 16.9 Å². The fourth-order valence-corrected chi connectivity index (χ4v) is 4.09. The highest BCUT2D eigenvalue weighted by molar-refractivity contribution is 5.66. The van der Waals surface area contributed by atoms with Gasteiger partial charge in [0.2, 0.25) is 5.82 Å². The Balaban J connectivity index is 1.66. The number of ether oxygens (including phenoxy) is 1. The Kier molecular flexibility index (Phi) is 7.20. The molecular formula is C24H28F4O. The summed E-state index contributed by atoms with van der Waals surface area (Å²) in [5.41, 5.74) is -0.513. The first-order chi connectivity index (χ1) is 13.9. The van der Waals surface area contributed by atoms with Gasteiger partial charge in [0.25, 0.3) is 0 Å². The van der Waals surface area contributed by atoms with Gasteiger partial charge in [-0.2, -0.15) is 4.39 Å². The van der Waals surface area contributed by atoms with Crippen LogP contribution in [0.5, 0.6) is 5.75 Å². The van der Waals surface area contributed by atoms with Gasteiger partial charge < -0.3 is 4.74 Å². The van der Waals surface area contributed by atoms with Crippen molar-refractivity contribution < 1.29 is 22.3 Å². The second kappa shape index (κ2) is 9.64. The lowest BCUT2D eigenvalue weighted by atomic mass is 9.80. The van der Waals surface area contributed by atoms with Crippen LogP contribution in [-0.4, -0.2) is 6.61 Å². The molecule has 3 rings (SSSR count). The van der Waals surface area contributed by atoms with E-state index in [4.69, 9.17) is 4.74 Å². The summed E-state index contributed by atoms with van der Waals surface area (Å²) in [6.07, 6.45) is 8.11. The number of unbranched alkanes of at least 4 members (excludes halogenated alkanes) is 1. The lowest BCUT2D eigenvalue weighted by Gasteiger charge is -2.28. The summed E-state index contributed by atoms with van der Waals surface area (Å²) < 4.78 is 62.6. The molecule has 1 aliphatic carbocycles. The van der Waals surface area contributed by atoms with E-state index < -0.39 is 23.3 Å². The SMILES string of the molecule is CCCCC1CCC(COc2ccc(-c3ccc(C)c(F)c3F)c(F)c2F)CC1. The van der Waals surface area contributed by atoms with E-state index >= 15 is 0 Å². The molecule has 0 radical (unpaired) electrons. The fraction of sp³-hybridized carbons (Fsp3) is 0.500. The van der Waals surface area contributed by atoms with Gasteiger partial charge in [0.1, 0.15) is 0 Å². The first-order valence-electron chi connectivity index (χ1n) is 10.5. The van der Waals surface area contributed by atoms with Crippen molar-refractivity contribution in [1.29, 1.82) is 0 Å². The Morgan fingerprint density at radius 3 is 2.03 bits per heavy atom. The molecule has 1 saturated carbocycles. The normalized spacial score (nSPS) is 19.4. The van der Waals surface area contributed by atoms with Crippen LogP contribution in [0.3, 0.4) is 0 Å². The molecule has 0 aromatic heterocycles. The number of halogens is 4. The molecule has 0 amide bonds. The third-order valence-corrected chi connectivity index (χ3v) is 6.02. The second-order valence-corrected chi connectivity index (χ2v) is 8.14. The van der Waals surface area contributed by atoms with Crippen LogP contribution in [0.4, 0.5) is 17.6 Å². The molecule has 2 aromatic carbocycles. The maximum absolute atomic E-state index is 14.6. The molecule has 0 bridgehead atoms. The summed E-state index contributed by atoms with van der Waals surface area (Å²) in [5, 5.41) is 0. The molecule has 0 N–H and O–H groups in total. The van der Waals surface area contributed by atoms with E-state index in [1.165, 1.54) is 50.5 Å². The summed E-state index contributed by atoms with van der Waals surface area (Å²) in [5.74, 6) is -3.73. The number of hydrogen-bond acceptors (Lipinski definition) is 1. The fourth-order valence-electron chi connectivity index (χ4n) is 4.09. The Labute approximate surface area is 170 Å². The van der Waals surface area contributed by atoms with Gasteiger partial charge in [-0.25, -0.2) is 13.2 Å². The van der Waals surface area contributed by atoms with Gasteiger partial charge in [0, 0.05) is 11.1 Å². The number of hydrogen-bond donors (Lipinski definition) is 0. The minimum atomic E-state index is -1.23. The van der Waals surface area contributed by atoms with E-state index in [1.54, 1.807) is 0 Å². The molecule has 29 heavy (non-hydrogen) atoms. The van der Waals surface area contributed by atoms with E-state index in [-0.39, 0.29) is 22.4 Å². The van der Waals surface area contributed by atoms with Crippen LogP contribution >= 0.6 is 0 Å². The molecule has 0 aliphatic heterocycles. The zero-order chi connectivity index (χ0) is 21.0. The van der Waals surface area contributed by atoms with Gasteiger partial charge >= 0.3 is 0 Å². The monoisotopic (exact) mass is 408 g/mol. The van der Waals surface area contributed by atoms with Crippen LogP contribution in [0.25, 0.3) is 11.1 Å². The van der Waals surface area contributed by atoms with Crippen molar-refractivity contribution in [3.63, 3.8) is 0 Å². The third-order valence-electron chi connectivity index (χ3n) is 6.02. The van der Waals surface area contributed by atoms with Crippen molar-refractivity contribution in [1.82, 2.24) is 0 Å². The molecular weight excluding hydrogens is 380 g/mol. The summed E-state index contributed by atoms with van der Waals surface area (Å²) in [7, 11) is 0. The molecule has 0 saturated heterocycles. The molecule has 2 aromatic rings. The predicted molar refractivity (Wildman–Crippen MR) is 107 cm³/mol. The van der Waals surface area contributed by atoms with Crippen LogP contribution in [0.1, 0.15) is 57.4 Å². The number of aryl methyl sites for hydroxylation is 1. The van der Waals surface area contributed by atoms with Gasteiger partial charge in [-0.05, 0) is 49.3 Å². The molecule has 5 heteroatoms. The Morgan fingerprint density at radius 1 is 0.793 bits per heavy atom. The van der Waals surface area contributed by atoms with Gasteiger partial charge in [0.05, 0.1) is 6.61 Å². The van der Waals surface area contributed by atoms with Crippen molar-refractivity contribution in [2.24, 2.45) is 11.8 Å². The quantitative estimate of drug-likeness (QED) is 0.429. The van der Waals surface area contributed by atoms with Gasteiger partial charge in [0.15, 0.2) is 23.2 Å². The van der Waals surface area contributed by atoms with E-state index in [2.05, 4.69) is 6.92 Å². The number of rotatable bonds is 7. The Morgan fingerprint density at radius 2 is 1.38 bits per heavy atom. The average Bonchev–Trinajstić information content (AvgIpc) is 2.73. The summed E-state index contributed by atoms with van der Waals surface area (Å²) in [4.78, 5) is 0. The van der Waals surface area contributed by atoms with Crippen molar-refractivity contribution in [2.45, 2.75) is 58.8 Å². The van der Waals surface area contributed by atoms with Crippen LogP contribution in [0.2, 0.25) is 0 Å². The lowest BCUT2D eigenvalue weighted by molar-refractivity contribution is 0.173. The Hall–Kier alpha value is -2.04. The van der Waals surface area contributed by atoms with E-state index in [9.17, 15) is 17.6 Å². The molecule has 1 fully saturated rings. The zero-order valence-electron chi connectivity index (χ0n) is 17.0. The molecule has 158 valence electrons. The summed E-state index contributed by atoms with van der Waals surface area (Å²) in [6, 6.07) is 5.12. The van der Waals surface area contributed by atoms with Gasteiger partial charge in [-0.1, -0.05) is 51.2 Å². The molecule has 0 unspecified atom stereocenters. The molecule has 0 heterocycles. The second-order valence-electron chi connectivity index (χ2n) is 8.14. The average molecular weight is 408 g/mol. The van der Waals surface area contributed by atoms with Crippen LogP contribution < -0.4 is 4.74 Å². The highest BCUT2D eigenvalue weighted by Gasteiger charge is 2.23. The topological polar surface area (TPSA) is 9.23 Å². The highest BCUT2D eigenvalue weighted by Crippen LogP contribution is 2.35. The lowest BCUT2D eigenvalue weighted by Crippen LogP contribution is -2.20. The van der Waals surface area contributed by atoms with E-state index in [0.29, 0.717) is 12.5 Å². The predicted octanol–water partition coefficient (Wildman–Crippen LogP) is 7.59. The standard InChI is InChI=1S/C24H28F4O/c1-3-4-5-16-7-9-17(10-8-16)14-29-20-13-12-19(23(27)24(20)28)18-11-6-15(2)21(25)22(18)26/h6,11-13,16-17H,3-5,7-10,14H2,1-2H3. The minimum absolute atomic E-state index is 0.108. The van der Waals surface area contributed by atoms with E-state index in [0.717, 1.165) is 31.6 Å². The van der Waals surface area contributed by atoms with Crippen molar-refractivity contribution in [2.75, 3.05) is 6.61 Å². The van der Waals surface area contributed by atoms with Gasteiger partial charge in [-0.15, -0.1) is 0 Å². The third kappa shape index (κ3) is 4.93. The molecule has 0 atom stereocenters. The smallest absolute Gasteiger partial charge is 0.201 e. The van der Waals surface area contributed by atoms with Crippen LogP contribution in [0.15, 0.2) is 24.3 Å².